The second-order valence-corrected chi connectivity index (χ2v) is 12.7. The van der Waals surface area contributed by atoms with Crippen molar-refractivity contribution in [1.29, 1.82) is 0 Å². The molecular formula is C30H36BrN3O5. The van der Waals surface area contributed by atoms with Crippen molar-refractivity contribution in [3.8, 4) is 0 Å². The molecule has 0 radical (unpaired) electrons. The minimum Gasteiger partial charge on any atom is -0.394 e. The maximum atomic E-state index is 14.3. The van der Waals surface area contributed by atoms with E-state index in [4.69, 9.17) is 4.74 Å². The lowest BCUT2D eigenvalue weighted by Crippen LogP contribution is -2.57. The summed E-state index contributed by atoms with van der Waals surface area (Å²) in [5.41, 5.74) is 1.99. The maximum absolute atomic E-state index is 14.3. The average molecular weight is 599 g/mol. The molecule has 1 spiro atoms. The normalized spacial score (nSPS) is 30.0. The van der Waals surface area contributed by atoms with Gasteiger partial charge in [-0.2, -0.15) is 0 Å². The molecule has 0 aliphatic carbocycles. The Morgan fingerprint density at radius 2 is 1.85 bits per heavy atom. The van der Waals surface area contributed by atoms with Crippen molar-refractivity contribution in [3.05, 3.63) is 59.7 Å². The van der Waals surface area contributed by atoms with E-state index in [9.17, 15) is 19.5 Å². The number of amides is 3. The van der Waals surface area contributed by atoms with Gasteiger partial charge in [0.05, 0.1) is 30.6 Å². The molecule has 5 rings (SSSR count). The highest BCUT2D eigenvalue weighted by Crippen LogP contribution is 2.60. The highest BCUT2D eigenvalue weighted by Gasteiger charge is 2.77. The number of ether oxygens (including phenoxy) is 1. The van der Waals surface area contributed by atoms with E-state index in [0.717, 1.165) is 11.1 Å². The van der Waals surface area contributed by atoms with Gasteiger partial charge in [0.25, 0.3) is 0 Å². The number of benzene rings is 2. The number of aryl methyl sites for hydroxylation is 2. The first-order valence-corrected chi connectivity index (χ1v) is 14.5. The Labute approximate surface area is 237 Å². The average Bonchev–Trinajstić information content (AvgIpc) is 3.48. The van der Waals surface area contributed by atoms with Crippen LogP contribution < -0.4 is 10.6 Å². The van der Waals surface area contributed by atoms with Gasteiger partial charge in [-0.3, -0.25) is 14.4 Å². The summed E-state index contributed by atoms with van der Waals surface area (Å²) in [5, 5.41) is 16.4. The summed E-state index contributed by atoms with van der Waals surface area (Å²) in [6, 6.07) is 13.3. The summed E-state index contributed by atoms with van der Waals surface area (Å²) in [7, 11) is 0. The van der Waals surface area contributed by atoms with Crippen molar-refractivity contribution in [2.45, 2.75) is 69.2 Å². The fourth-order valence-corrected chi connectivity index (χ4v) is 7.64. The molecule has 3 unspecified atom stereocenters. The summed E-state index contributed by atoms with van der Waals surface area (Å²) in [6.07, 6.45) is 0.364. The molecule has 3 N–H and O–H groups in total. The van der Waals surface area contributed by atoms with Gasteiger partial charge in [0.15, 0.2) is 0 Å². The lowest BCUT2D eigenvalue weighted by atomic mass is 9.70. The zero-order valence-corrected chi connectivity index (χ0v) is 24.3. The van der Waals surface area contributed by atoms with Gasteiger partial charge in [-0.15, -0.1) is 0 Å². The molecule has 0 aromatic heterocycles. The van der Waals surface area contributed by atoms with E-state index in [1.54, 1.807) is 12.1 Å². The molecule has 3 aliphatic heterocycles. The molecule has 3 fully saturated rings. The quantitative estimate of drug-likeness (QED) is 0.398. The lowest BCUT2D eigenvalue weighted by Gasteiger charge is -2.37. The second-order valence-electron chi connectivity index (χ2n) is 11.5. The first-order valence-electron chi connectivity index (χ1n) is 13.6. The fourth-order valence-electron chi connectivity index (χ4n) is 6.70. The van der Waals surface area contributed by atoms with Gasteiger partial charge in [0, 0.05) is 16.2 Å². The molecule has 7 atom stereocenters. The van der Waals surface area contributed by atoms with Gasteiger partial charge < -0.3 is 25.4 Å². The molecule has 0 saturated carbocycles. The Hall–Kier alpha value is -2.75. The monoisotopic (exact) mass is 597 g/mol. The van der Waals surface area contributed by atoms with E-state index in [-0.39, 0.29) is 35.1 Å². The van der Waals surface area contributed by atoms with E-state index >= 15 is 0 Å². The zero-order valence-electron chi connectivity index (χ0n) is 22.7. The van der Waals surface area contributed by atoms with Gasteiger partial charge in [0.2, 0.25) is 17.7 Å². The number of nitrogens with one attached hydrogen (secondary N) is 2. The number of para-hydroxylation sites is 1. The van der Waals surface area contributed by atoms with Crippen LogP contribution in [0.3, 0.4) is 0 Å². The predicted molar refractivity (Wildman–Crippen MR) is 152 cm³/mol. The zero-order chi connectivity index (χ0) is 28.1. The molecule has 8 nitrogen and oxygen atoms in total. The number of carbonyl (C=O) groups is 3. The molecule has 2 bridgehead atoms. The number of anilines is 2. The summed E-state index contributed by atoms with van der Waals surface area (Å²) in [6.45, 7) is 7.61. The first-order chi connectivity index (χ1) is 18.6. The summed E-state index contributed by atoms with van der Waals surface area (Å²) in [4.78, 5) is 43.4. The van der Waals surface area contributed by atoms with Crippen LogP contribution in [0, 0.1) is 31.6 Å². The van der Waals surface area contributed by atoms with Crippen LogP contribution in [0.15, 0.2) is 48.5 Å². The van der Waals surface area contributed by atoms with Crippen molar-refractivity contribution in [1.82, 2.24) is 4.90 Å². The van der Waals surface area contributed by atoms with Crippen LogP contribution in [-0.2, 0) is 19.1 Å². The molecule has 39 heavy (non-hydrogen) atoms. The molecule has 208 valence electrons. The van der Waals surface area contributed by atoms with Gasteiger partial charge in [-0.1, -0.05) is 60.1 Å². The van der Waals surface area contributed by atoms with E-state index in [0.29, 0.717) is 24.2 Å². The van der Waals surface area contributed by atoms with Crippen LogP contribution in [-0.4, -0.2) is 63.0 Å². The number of rotatable bonds is 8. The molecule has 9 heteroatoms. The first kappa shape index (κ1) is 27.8. The second kappa shape index (κ2) is 10.7. The molecule has 3 heterocycles. The van der Waals surface area contributed by atoms with E-state index in [1.807, 2.05) is 64.1 Å². The van der Waals surface area contributed by atoms with Crippen LogP contribution in [0.5, 0.6) is 0 Å². The Balaban J connectivity index is 1.55. The standard InChI is InChI=1S/C30H36BrN3O5/c1-16(2)12-20(15-35)34-26(28(37)33-22-13-17(3)10-11-18(22)4)30-14-21(31)25(39-30)23(24(30)29(34)38)27(36)32-19-8-6-5-7-9-19/h5-11,13,16,20-21,23-26,35H,12,14-15H2,1-4H3,(H,32,36)(H,33,37)/t20-,21?,23-,24+,25-,26?,30?/m1/s1. The highest BCUT2D eigenvalue weighted by atomic mass is 79.9. The molecule has 3 saturated heterocycles. The number of aliphatic hydroxyl groups excluding tert-OH is 1. The number of aliphatic hydroxyl groups is 1. The van der Waals surface area contributed by atoms with E-state index in [2.05, 4.69) is 26.6 Å². The van der Waals surface area contributed by atoms with Crippen molar-refractivity contribution in [2.24, 2.45) is 17.8 Å². The third-order valence-corrected chi connectivity index (χ3v) is 9.16. The largest absolute Gasteiger partial charge is 0.394 e. The van der Waals surface area contributed by atoms with Crippen molar-refractivity contribution in [2.75, 3.05) is 17.2 Å². The summed E-state index contributed by atoms with van der Waals surface area (Å²) < 4.78 is 6.58. The maximum Gasteiger partial charge on any atom is 0.250 e. The van der Waals surface area contributed by atoms with Gasteiger partial charge in [-0.05, 0) is 61.9 Å². The van der Waals surface area contributed by atoms with E-state index < -0.39 is 35.6 Å². The van der Waals surface area contributed by atoms with Crippen LogP contribution in [0.1, 0.15) is 37.8 Å². The van der Waals surface area contributed by atoms with Crippen LogP contribution in [0.25, 0.3) is 0 Å². The number of halogens is 1. The van der Waals surface area contributed by atoms with Gasteiger partial charge in [0.1, 0.15) is 11.6 Å². The van der Waals surface area contributed by atoms with Crippen LogP contribution >= 0.6 is 15.9 Å². The highest BCUT2D eigenvalue weighted by molar-refractivity contribution is 9.09. The molecule has 2 aromatic carbocycles. The number of carbonyl (C=O) groups excluding carboxylic acids is 3. The van der Waals surface area contributed by atoms with Crippen LogP contribution in [0.4, 0.5) is 11.4 Å². The number of hydrogen-bond acceptors (Lipinski definition) is 5. The van der Waals surface area contributed by atoms with Crippen molar-refractivity contribution in [3.63, 3.8) is 0 Å². The Morgan fingerprint density at radius 3 is 2.51 bits per heavy atom. The number of hydrogen-bond donors (Lipinski definition) is 3. The van der Waals surface area contributed by atoms with Gasteiger partial charge >= 0.3 is 0 Å². The molecular weight excluding hydrogens is 562 g/mol. The minimum absolute atomic E-state index is 0.175. The molecule has 3 amide bonds. The fraction of sp³-hybridized carbons (Fsp3) is 0.500. The third-order valence-electron chi connectivity index (χ3n) is 8.32. The summed E-state index contributed by atoms with van der Waals surface area (Å²) in [5.74, 6) is -2.44. The smallest absolute Gasteiger partial charge is 0.250 e. The van der Waals surface area contributed by atoms with Crippen molar-refractivity contribution < 1.29 is 24.2 Å². The Bertz CT molecular complexity index is 1270. The number of alkyl halides is 1. The molecule has 2 aromatic rings. The third kappa shape index (κ3) is 4.78. The number of nitrogens with zero attached hydrogens (tertiary/aromatic N) is 1. The number of likely N-dealkylation sites (tertiary alicyclic amines) is 1. The summed E-state index contributed by atoms with van der Waals surface area (Å²) >= 11 is 3.70. The SMILES string of the molecule is Cc1ccc(C)c(NC(=O)C2N([C@@H](CO)CC(C)C)C(=O)[C@@H]3[C@@H](C(=O)Nc4ccccc4)[C@@H]4OC23CC4Br)c1. The number of fused-ring (bicyclic) bond motifs is 1. The molecule has 3 aliphatic rings. The Morgan fingerprint density at radius 1 is 1.13 bits per heavy atom. The van der Waals surface area contributed by atoms with Crippen molar-refractivity contribution >= 4 is 45.0 Å². The van der Waals surface area contributed by atoms with E-state index in [1.165, 1.54) is 4.90 Å². The predicted octanol–water partition coefficient (Wildman–Crippen LogP) is 4.04. The minimum atomic E-state index is -1.19. The van der Waals surface area contributed by atoms with Gasteiger partial charge in [-0.25, -0.2) is 0 Å². The topological polar surface area (TPSA) is 108 Å². The Kier molecular flexibility index (Phi) is 7.61. The van der Waals surface area contributed by atoms with Crippen LogP contribution in [0.2, 0.25) is 0 Å². The lowest BCUT2D eigenvalue weighted by molar-refractivity contribution is -0.143.